The van der Waals surface area contributed by atoms with Crippen LogP contribution in [0.5, 0.6) is 11.5 Å². The third-order valence-electron chi connectivity index (χ3n) is 7.58. The molecule has 1 saturated carbocycles. The van der Waals surface area contributed by atoms with Crippen LogP contribution in [-0.2, 0) is 13.0 Å². The van der Waals surface area contributed by atoms with Gasteiger partial charge in [0.25, 0.3) is 0 Å². The summed E-state index contributed by atoms with van der Waals surface area (Å²) < 4.78 is 8.77. The molecule has 3 aromatic heterocycles. The number of ether oxygens (including phenoxy) is 1. The number of halogens is 1. The van der Waals surface area contributed by atoms with Gasteiger partial charge in [-0.05, 0) is 89.0 Å². The van der Waals surface area contributed by atoms with E-state index in [1.807, 2.05) is 53.3 Å². The van der Waals surface area contributed by atoms with Gasteiger partial charge in [-0.15, -0.1) is 0 Å². The lowest BCUT2D eigenvalue weighted by atomic mass is 9.91. The van der Waals surface area contributed by atoms with Crippen molar-refractivity contribution < 1.29 is 4.74 Å². The van der Waals surface area contributed by atoms with E-state index in [0.29, 0.717) is 18.4 Å². The van der Waals surface area contributed by atoms with Gasteiger partial charge in [0.2, 0.25) is 0 Å². The Morgan fingerprint density at radius 1 is 0.872 bits per heavy atom. The number of fused-ring (bicyclic) bond motifs is 1. The molecule has 0 spiro atoms. The zero-order valence-electron chi connectivity index (χ0n) is 21.8. The highest BCUT2D eigenvalue weighted by Gasteiger charge is 2.23. The first-order valence-corrected chi connectivity index (χ1v) is 14.5. The molecule has 1 N–H and O–H groups in total. The number of benzene rings is 2. The molecule has 5 aromatic rings. The van der Waals surface area contributed by atoms with Crippen molar-refractivity contribution in [1.29, 1.82) is 0 Å². The molecule has 0 saturated heterocycles. The molecule has 2 unspecified atom stereocenters. The zero-order chi connectivity index (χ0) is 26.4. The lowest BCUT2D eigenvalue weighted by Gasteiger charge is -2.17. The van der Waals surface area contributed by atoms with Crippen molar-refractivity contribution >= 4 is 27.4 Å². The number of nitrogens with one attached hydrogen (secondary N) is 1. The molecule has 6 nitrogen and oxygen atoms in total. The Balaban J connectivity index is 1.11. The molecule has 2 aromatic carbocycles. The summed E-state index contributed by atoms with van der Waals surface area (Å²) in [6.45, 7) is 0.686. The van der Waals surface area contributed by atoms with Crippen LogP contribution < -0.4 is 10.1 Å². The fourth-order valence-electron chi connectivity index (χ4n) is 5.52. The van der Waals surface area contributed by atoms with Gasteiger partial charge in [0.15, 0.2) is 5.65 Å². The molecule has 0 radical (unpaired) electrons. The average molecular weight is 583 g/mol. The summed E-state index contributed by atoms with van der Waals surface area (Å²) in [5, 5.41) is 8.11. The van der Waals surface area contributed by atoms with Crippen molar-refractivity contribution in [2.45, 2.75) is 51.0 Å². The SMILES string of the molecule is Brc1cnn2c(NCc3cccnc3)cc(C3CCCC(Cc4ccc(Oc5ccccc5)cc4)CC3)nc12. The molecule has 0 aliphatic heterocycles. The summed E-state index contributed by atoms with van der Waals surface area (Å²) in [7, 11) is 0. The minimum atomic E-state index is 0.447. The smallest absolute Gasteiger partial charge is 0.171 e. The second-order valence-corrected chi connectivity index (χ2v) is 11.2. The predicted octanol–water partition coefficient (Wildman–Crippen LogP) is 8.20. The second-order valence-electron chi connectivity index (χ2n) is 10.3. The van der Waals surface area contributed by atoms with E-state index >= 15 is 0 Å². The van der Waals surface area contributed by atoms with Crippen LogP contribution in [0.2, 0.25) is 0 Å². The third-order valence-corrected chi connectivity index (χ3v) is 8.14. The summed E-state index contributed by atoms with van der Waals surface area (Å²) in [6, 6.07) is 24.8. The standard InChI is InChI=1S/C32H32BrN5O/c33-29-22-36-38-31(35-21-25-7-5-17-34-20-25)19-30(37-32(29)38)26-8-4-6-23(11-14-26)18-24-12-15-28(16-13-24)39-27-9-2-1-3-10-27/h1-3,5,7,9-10,12-13,15-17,19-20,22-23,26,35H,4,6,8,11,14,18,21H2. The largest absolute Gasteiger partial charge is 0.457 e. The van der Waals surface area contributed by atoms with Gasteiger partial charge >= 0.3 is 0 Å². The van der Waals surface area contributed by atoms with Gasteiger partial charge in [-0.3, -0.25) is 4.98 Å². The molecule has 3 heterocycles. The van der Waals surface area contributed by atoms with E-state index in [1.165, 1.54) is 24.8 Å². The van der Waals surface area contributed by atoms with Crippen LogP contribution in [0.3, 0.4) is 0 Å². The van der Waals surface area contributed by atoms with Gasteiger partial charge in [0.05, 0.1) is 10.7 Å². The Morgan fingerprint density at radius 2 is 1.72 bits per heavy atom. The summed E-state index contributed by atoms with van der Waals surface area (Å²) >= 11 is 3.65. The highest BCUT2D eigenvalue weighted by molar-refractivity contribution is 9.10. The first-order valence-electron chi connectivity index (χ1n) is 13.7. The second kappa shape index (κ2) is 12.0. The van der Waals surface area contributed by atoms with E-state index in [9.17, 15) is 0 Å². The molecule has 0 bridgehead atoms. The Hall–Kier alpha value is -3.71. The van der Waals surface area contributed by atoms with E-state index in [-0.39, 0.29) is 0 Å². The van der Waals surface area contributed by atoms with Crippen LogP contribution in [-0.4, -0.2) is 19.6 Å². The first kappa shape index (κ1) is 25.6. The Labute approximate surface area is 237 Å². The summed E-state index contributed by atoms with van der Waals surface area (Å²) in [4.78, 5) is 9.29. The van der Waals surface area contributed by atoms with Gasteiger partial charge in [-0.1, -0.05) is 49.2 Å². The minimum Gasteiger partial charge on any atom is -0.457 e. The summed E-state index contributed by atoms with van der Waals surface area (Å²) in [6.07, 6.45) is 12.6. The van der Waals surface area contributed by atoms with Crippen LogP contribution in [0.25, 0.3) is 5.65 Å². The van der Waals surface area contributed by atoms with Gasteiger partial charge < -0.3 is 10.1 Å². The highest BCUT2D eigenvalue weighted by atomic mass is 79.9. The normalized spacial score (nSPS) is 17.6. The predicted molar refractivity (Wildman–Crippen MR) is 158 cm³/mol. The fraction of sp³-hybridized carbons (Fsp3) is 0.281. The van der Waals surface area contributed by atoms with Crippen molar-refractivity contribution in [3.63, 3.8) is 0 Å². The number of pyridine rings is 1. The lowest BCUT2D eigenvalue weighted by molar-refractivity contribution is 0.452. The maximum absolute atomic E-state index is 5.97. The molecule has 7 heteroatoms. The molecule has 1 fully saturated rings. The minimum absolute atomic E-state index is 0.447. The van der Waals surface area contributed by atoms with E-state index in [2.05, 4.69) is 67.7 Å². The number of anilines is 1. The number of rotatable bonds is 8. The number of nitrogens with zero attached hydrogens (tertiary/aromatic N) is 4. The average Bonchev–Trinajstić information content (AvgIpc) is 3.20. The molecule has 0 amide bonds. The molecular formula is C32H32BrN5O. The van der Waals surface area contributed by atoms with Gasteiger partial charge in [0.1, 0.15) is 17.3 Å². The van der Waals surface area contributed by atoms with Crippen molar-refractivity contribution in [2.24, 2.45) is 5.92 Å². The number of aromatic nitrogens is 4. The third kappa shape index (κ3) is 6.31. The summed E-state index contributed by atoms with van der Waals surface area (Å²) in [5.74, 6) is 3.84. The maximum Gasteiger partial charge on any atom is 0.171 e. The fourth-order valence-corrected chi connectivity index (χ4v) is 5.86. The van der Waals surface area contributed by atoms with E-state index in [0.717, 1.165) is 58.0 Å². The van der Waals surface area contributed by atoms with Crippen LogP contribution in [0.1, 0.15) is 54.8 Å². The molecule has 1 aliphatic rings. The van der Waals surface area contributed by atoms with Crippen LogP contribution >= 0.6 is 15.9 Å². The van der Waals surface area contributed by atoms with Crippen LogP contribution in [0, 0.1) is 5.92 Å². The van der Waals surface area contributed by atoms with E-state index in [1.54, 1.807) is 6.20 Å². The van der Waals surface area contributed by atoms with Gasteiger partial charge in [0, 0.05) is 36.6 Å². The highest BCUT2D eigenvalue weighted by Crippen LogP contribution is 2.36. The molecule has 39 heavy (non-hydrogen) atoms. The lowest BCUT2D eigenvalue weighted by Crippen LogP contribution is -2.10. The molecule has 1 aliphatic carbocycles. The molecule has 6 rings (SSSR count). The Morgan fingerprint density at radius 3 is 2.54 bits per heavy atom. The van der Waals surface area contributed by atoms with Crippen molar-refractivity contribution in [2.75, 3.05) is 5.32 Å². The molecule has 198 valence electrons. The number of hydrogen-bond donors (Lipinski definition) is 1. The van der Waals surface area contributed by atoms with Crippen molar-refractivity contribution in [3.8, 4) is 11.5 Å². The quantitative estimate of drug-likeness (QED) is 0.187. The van der Waals surface area contributed by atoms with Gasteiger partial charge in [-0.2, -0.15) is 9.61 Å². The Bertz CT molecular complexity index is 1500. The van der Waals surface area contributed by atoms with Crippen molar-refractivity contribution in [1.82, 2.24) is 19.6 Å². The maximum atomic E-state index is 5.97. The zero-order valence-corrected chi connectivity index (χ0v) is 23.4. The number of para-hydroxylation sites is 1. The topological polar surface area (TPSA) is 64.3 Å². The molecule has 2 atom stereocenters. The van der Waals surface area contributed by atoms with Crippen molar-refractivity contribution in [3.05, 3.63) is 113 Å². The Kier molecular flexibility index (Phi) is 7.86. The molecular weight excluding hydrogens is 550 g/mol. The van der Waals surface area contributed by atoms with Gasteiger partial charge in [-0.25, -0.2) is 4.98 Å². The first-order chi connectivity index (χ1) is 19.2. The van der Waals surface area contributed by atoms with Crippen LogP contribution in [0.15, 0.2) is 95.9 Å². The summed E-state index contributed by atoms with van der Waals surface area (Å²) in [5.41, 5.74) is 4.52. The van der Waals surface area contributed by atoms with E-state index < -0.39 is 0 Å². The van der Waals surface area contributed by atoms with Crippen LogP contribution in [0.4, 0.5) is 5.82 Å². The monoisotopic (exact) mass is 581 g/mol. The number of hydrogen-bond acceptors (Lipinski definition) is 5. The van der Waals surface area contributed by atoms with E-state index in [4.69, 9.17) is 9.72 Å².